The highest BCUT2D eigenvalue weighted by Gasteiger charge is 1.75. The number of hydrogen-bond donors (Lipinski definition) is 0. The zero-order chi connectivity index (χ0) is 10.6. The van der Waals surface area contributed by atoms with E-state index in [2.05, 4.69) is 9.47 Å². The van der Waals surface area contributed by atoms with E-state index in [1.165, 1.54) is 27.9 Å². The van der Waals surface area contributed by atoms with Crippen LogP contribution in [-0.4, -0.2) is 33.1 Å². The first kappa shape index (κ1) is 17.3. The molecule has 0 saturated heterocycles. The van der Waals surface area contributed by atoms with Crippen molar-refractivity contribution in [3.05, 3.63) is 0 Å². The normalized spacial score (nSPS) is 6.50. The molecule has 74 valence electrons. The van der Waals surface area contributed by atoms with Gasteiger partial charge in [-0.2, -0.15) is 0 Å². The lowest BCUT2D eigenvalue weighted by Crippen LogP contribution is -1.88. The zero-order valence-corrected chi connectivity index (χ0v) is 8.63. The highest BCUT2D eigenvalue weighted by molar-refractivity contribution is 5.72. The van der Waals surface area contributed by atoms with Crippen LogP contribution >= 0.6 is 0 Å². The molecule has 4 heteroatoms. The molecule has 0 rings (SSSR count). The van der Waals surface area contributed by atoms with E-state index < -0.39 is 0 Å². The van der Waals surface area contributed by atoms with Crippen molar-refractivity contribution >= 4 is 11.8 Å². The van der Waals surface area contributed by atoms with Crippen LogP contribution < -0.4 is 0 Å². The molecule has 0 unspecified atom stereocenters. The smallest absolute Gasteiger partial charge is 0.302 e. The summed E-state index contributed by atoms with van der Waals surface area (Å²) in [4.78, 5) is 19.0. The number of esters is 1. The topological polar surface area (TPSA) is 52.6 Å². The standard InChI is InChI=1S/C3H6O2.C3H6O.C2H6O/c1-3(4)5-2;1-3(2)4;1-3-2/h1-2H3;1-2H3;1-2H3. The van der Waals surface area contributed by atoms with Gasteiger partial charge in [-0.15, -0.1) is 0 Å². The highest BCUT2D eigenvalue weighted by Crippen LogP contribution is 1.60. The lowest BCUT2D eigenvalue weighted by Gasteiger charge is -1.80. The van der Waals surface area contributed by atoms with Crippen molar-refractivity contribution in [2.45, 2.75) is 20.8 Å². The minimum atomic E-state index is -0.245. The predicted molar refractivity (Wildman–Crippen MR) is 47.0 cm³/mol. The molecule has 0 bridgehead atoms. The predicted octanol–water partition coefficient (Wildman–Crippen LogP) is 1.04. The first-order valence-electron chi connectivity index (χ1n) is 3.34. The van der Waals surface area contributed by atoms with E-state index in [1.54, 1.807) is 14.2 Å². The third-order valence-corrected chi connectivity index (χ3v) is 0.287. The van der Waals surface area contributed by atoms with E-state index in [9.17, 15) is 9.59 Å². The van der Waals surface area contributed by atoms with Crippen molar-refractivity contribution in [2.75, 3.05) is 21.3 Å². The fourth-order valence-electron chi connectivity index (χ4n) is 0. The van der Waals surface area contributed by atoms with Gasteiger partial charge in [0.25, 0.3) is 0 Å². The number of carbonyl (C=O) groups is 2. The van der Waals surface area contributed by atoms with Crippen molar-refractivity contribution in [1.29, 1.82) is 0 Å². The Morgan fingerprint density at radius 2 is 1.00 bits per heavy atom. The van der Waals surface area contributed by atoms with Crippen LogP contribution in [0.25, 0.3) is 0 Å². The molecule has 0 aliphatic heterocycles. The SMILES string of the molecule is CC(C)=O.COC.COC(C)=O. The van der Waals surface area contributed by atoms with Gasteiger partial charge in [0.2, 0.25) is 0 Å². The van der Waals surface area contributed by atoms with Gasteiger partial charge in [0.15, 0.2) is 0 Å². The second-order valence-corrected chi connectivity index (χ2v) is 2.01. The summed E-state index contributed by atoms with van der Waals surface area (Å²) in [6, 6.07) is 0. The van der Waals surface area contributed by atoms with E-state index in [0.717, 1.165) is 0 Å². The Balaban J connectivity index is -0.000000105. The van der Waals surface area contributed by atoms with Crippen LogP contribution in [0.3, 0.4) is 0 Å². The van der Waals surface area contributed by atoms with Crippen molar-refractivity contribution in [3.8, 4) is 0 Å². The molecule has 0 saturated carbocycles. The molecule has 0 atom stereocenters. The van der Waals surface area contributed by atoms with E-state index in [1.807, 2.05) is 0 Å². The monoisotopic (exact) mass is 178 g/mol. The molecule has 4 nitrogen and oxygen atoms in total. The zero-order valence-electron chi connectivity index (χ0n) is 8.63. The minimum absolute atomic E-state index is 0.167. The Labute approximate surface area is 73.9 Å². The average Bonchev–Trinajstić information content (AvgIpc) is 1.88. The van der Waals surface area contributed by atoms with Gasteiger partial charge in [-0.1, -0.05) is 0 Å². The molecule has 0 aliphatic carbocycles. The summed E-state index contributed by atoms with van der Waals surface area (Å²) in [5, 5.41) is 0. The Hall–Kier alpha value is -0.900. The van der Waals surface area contributed by atoms with Gasteiger partial charge in [0.1, 0.15) is 5.78 Å². The van der Waals surface area contributed by atoms with Crippen molar-refractivity contribution in [3.63, 3.8) is 0 Å². The minimum Gasteiger partial charge on any atom is -0.469 e. The molecule has 0 radical (unpaired) electrons. The third-order valence-electron chi connectivity index (χ3n) is 0.287. The van der Waals surface area contributed by atoms with E-state index in [-0.39, 0.29) is 11.8 Å². The van der Waals surface area contributed by atoms with E-state index >= 15 is 0 Å². The molecule has 0 aromatic rings. The number of hydrogen-bond acceptors (Lipinski definition) is 4. The number of carbonyl (C=O) groups excluding carboxylic acids is 2. The van der Waals surface area contributed by atoms with Crippen LogP contribution in [0, 0.1) is 0 Å². The Morgan fingerprint density at radius 1 is 0.917 bits per heavy atom. The fourth-order valence-corrected chi connectivity index (χ4v) is 0. The molecule has 0 aromatic heterocycles. The quantitative estimate of drug-likeness (QED) is 0.520. The summed E-state index contributed by atoms with van der Waals surface area (Å²) in [6.45, 7) is 4.42. The maximum atomic E-state index is 9.59. The van der Waals surface area contributed by atoms with Crippen molar-refractivity contribution in [2.24, 2.45) is 0 Å². The first-order chi connectivity index (χ1) is 5.42. The summed E-state index contributed by atoms with van der Waals surface area (Å²) < 4.78 is 8.36. The largest absolute Gasteiger partial charge is 0.469 e. The second kappa shape index (κ2) is 16.6. The summed E-state index contributed by atoms with van der Waals surface area (Å²) in [5.41, 5.74) is 0. The van der Waals surface area contributed by atoms with Crippen molar-refractivity contribution < 1.29 is 19.1 Å². The van der Waals surface area contributed by atoms with E-state index in [4.69, 9.17) is 0 Å². The molecule has 0 spiro atoms. The summed E-state index contributed by atoms with van der Waals surface area (Å²) in [7, 11) is 4.60. The van der Waals surface area contributed by atoms with Crippen molar-refractivity contribution in [1.82, 2.24) is 0 Å². The fraction of sp³-hybridized carbons (Fsp3) is 0.750. The highest BCUT2D eigenvalue weighted by atomic mass is 16.5. The van der Waals surface area contributed by atoms with Gasteiger partial charge < -0.3 is 14.3 Å². The van der Waals surface area contributed by atoms with Gasteiger partial charge in [0.05, 0.1) is 7.11 Å². The second-order valence-electron chi connectivity index (χ2n) is 2.01. The summed E-state index contributed by atoms with van der Waals surface area (Å²) in [6.07, 6.45) is 0. The maximum absolute atomic E-state index is 9.59. The van der Waals surface area contributed by atoms with Crippen LogP contribution in [0.2, 0.25) is 0 Å². The van der Waals surface area contributed by atoms with Crippen LogP contribution in [0.5, 0.6) is 0 Å². The summed E-state index contributed by atoms with van der Waals surface area (Å²) >= 11 is 0. The molecule has 0 heterocycles. The van der Waals surface area contributed by atoms with Crippen LogP contribution in [0.4, 0.5) is 0 Å². The van der Waals surface area contributed by atoms with Gasteiger partial charge in [0, 0.05) is 21.1 Å². The van der Waals surface area contributed by atoms with E-state index in [0.29, 0.717) is 0 Å². The van der Waals surface area contributed by atoms with Crippen LogP contribution in [0.15, 0.2) is 0 Å². The number of methoxy groups -OCH3 is 2. The molecular weight excluding hydrogens is 160 g/mol. The molecule has 0 aromatic carbocycles. The Bertz CT molecular complexity index is 106. The lowest BCUT2D eigenvalue weighted by atomic mass is 10.6. The first-order valence-corrected chi connectivity index (χ1v) is 3.34. The third kappa shape index (κ3) is 493. The van der Waals surface area contributed by atoms with Gasteiger partial charge >= 0.3 is 5.97 Å². The number of ketones is 1. The van der Waals surface area contributed by atoms with Crippen LogP contribution in [0.1, 0.15) is 20.8 Å². The van der Waals surface area contributed by atoms with Crippen LogP contribution in [-0.2, 0) is 19.1 Å². The summed E-state index contributed by atoms with van der Waals surface area (Å²) in [5.74, 6) is -0.0787. The molecular formula is C8H18O4. The van der Waals surface area contributed by atoms with Gasteiger partial charge in [-0.25, -0.2) is 0 Å². The molecule has 0 amide bonds. The molecule has 0 N–H and O–H groups in total. The van der Waals surface area contributed by atoms with Gasteiger partial charge in [-0.3, -0.25) is 4.79 Å². The number of Topliss-reactive ketones (excluding diaryl/α,β-unsaturated/α-hetero) is 1. The maximum Gasteiger partial charge on any atom is 0.302 e. The number of ether oxygens (including phenoxy) is 2. The molecule has 12 heavy (non-hydrogen) atoms. The Morgan fingerprint density at radius 3 is 1.00 bits per heavy atom. The average molecular weight is 178 g/mol. The lowest BCUT2D eigenvalue weighted by molar-refractivity contribution is -0.137. The number of rotatable bonds is 0. The Kier molecular flexibility index (Phi) is 23.9. The molecule has 0 fully saturated rings. The van der Waals surface area contributed by atoms with Gasteiger partial charge in [-0.05, 0) is 13.8 Å². The molecule has 0 aliphatic rings.